The summed E-state index contributed by atoms with van der Waals surface area (Å²) in [5.41, 5.74) is 6.93. The normalized spacial score (nSPS) is 14.9. The van der Waals surface area contributed by atoms with Crippen LogP contribution >= 0.6 is 35.0 Å². The summed E-state index contributed by atoms with van der Waals surface area (Å²) in [6, 6.07) is 13.0. The number of halogens is 2. The molecule has 0 spiro atoms. The number of nitrogens with two attached hydrogens (primary N) is 1. The van der Waals surface area contributed by atoms with Crippen LogP contribution in [0.3, 0.4) is 0 Å². The third kappa shape index (κ3) is 4.98. The lowest BCUT2D eigenvalue weighted by Gasteiger charge is -2.34. The van der Waals surface area contributed by atoms with Gasteiger partial charge in [-0.15, -0.1) is 11.8 Å². The number of carbonyl (C=O) groups is 1. The van der Waals surface area contributed by atoms with E-state index >= 15 is 0 Å². The van der Waals surface area contributed by atoms with Crippen LogP contribution in [0, 0.1) is 0 Å². The van der Waals surface area contributed by atoms with E-state index in [2.05, 4.69) is 14.9 Å². The predicted octanol–water partition coefficient (Wildman–Crippen LogP) is 3.96. The topological polar surface area (TPSA) is 75.3 Å². The maximum atomic E-state index is 12.6. The number of hydrogen-bond acceptors (Lipinski definition) is 6. The maximum Gasteiger partial charge on any atom is 0.233 e. The van der Waals surface area contributed by atoms with Gasteiger partial charge < -0.3 is 10.6 Å². The van der Waals surface area contributed by atoms with Crippen LogP contribution in [0.4, 0.5) is 5.82 Å². The average Bonchev–Trinajstić information content (AvgIpc) is 2.75. The molecular formula is C21H21Cl2N5OS. The van der Waals surface area contributed by atoms with Gasteiger partial charge in [0.25, 0.3) is 0 Å². The molecule has 9 heteroatoms. The number of fused-ring (bicyclic) bond motifs is 1. The van der Waals surface area contributed by atoms with Crippen LogP contribution in [-0.4, -0.2) is 57.6 Å². The summed E-state index contributed by atoms with van der Waals surface area (Å²) in [6.07, 6.45) is 0. The molecule has 2 N–H and O–H groups in total. The van der Waals surface area contributed by atoms with E-state index in [0.717, 1.165) is 28.9 Å². The molecule has 1 saturated heterocycles. The SMILES string of the molecule is Nc1nc(CN2CCN(C(=O)CSc3cc(Cl)ccc3Cl)CC2)nc2ccccc12. The monoisotopic (exact) mass is 461 g/mol. The molecule has 1 aromatic heterocycles. The van der Waals surface area contributed by atoms with Crippen molar-refractivity contribution in [2.24, 2.45) is 0 Å². The zero-order valence-electron chi connectivity index (χ0n) is 16.2. The molecule has 1 fully saturated rings. The van der Waals surface area contributed by atoms with E-state index in [0.29, 0.717) is 47.1 Å². The molecule has 0 unspecified atom stereocenters. The molecular weight excluding hydrogens is 441 g/mol. The average molecular weight is 462 g/mol. The number of rotatable bonds is 5. The van der Waals surface area contributed by atoms with Crippen molar-refractivity contribution < 1.29 is 4.79 Å². The molecule has 0 saturated carbocycles. The van der Waals surface area contributed by atoms with E-state index in [-0.39, 0.29) is 5.91 Å². The van der Waals surface area contributed by atoms with Crippen LogP contribution in [0.2, 0.25) is 10.0 Å². The molecule has 1 aliphatic heterocycles. The zero-order valence-corrected chi connectivity index (χ0v) is 18.6. The first-order valence-corrected chi connectivity index (χ1v) is 11.3. The van der Waals surface area contributed by atoms with E-state index in [1.54, 1.807) is 18.2 Å². The lowest BCUT2D eigenvalue weighted by atomic mass is 10.2. The maximum absolute atomic E-state index is 12.6. The molecule has 2 heterocycles. The van der Waals surface area contributed by atoms with Gasteiger partial charge in [-0.05, 0) is 30.3 Å². The number of thioether (sulfide) groups is 1. The van der Waals surface area contributed by atoms with Crippen molar-refractivity contribution in [3.63, 3.8) is 0 Å². The van der Waals surface area contributed by atoms with Crippen LogP contribution in [0.1, 0.15) is 5.82 Å². The second-order valence-corrected chi connectivity index (χ2v) is 8.92. The van der Waals surface area contributed by atoms with Gasteiger partial charge in [0, 0.05) is 41.5 Å². The van der Waals surface area contributed by atoms with E-state index in [4.69, 9.17) is 28.9 Å². The second-order valence-electron chi connectivity index (χ2n) is 7.06. The van der Waals surface area contributed by atoms with Crippen LogP contribution < -0.4 is 5.73 Å². The largest absolute Gasteiger partial charge is 0.383 e. The molecule has 0 aliphatic carbocycles. The highest BCUT2D eigenvalue weighted by molar-refractivity contribution is 8.00. The number of carbonyl (C=O) groups excluding carboxylic acids is 1. The quantitative estimate of drug-likeness (QED) is 0.579. The van der Waals surface area contributed by atoms with E-state index in [1.165, 1.54) is 11.8 Å². The standard InChI is InChI=1S/C21H21Cl2N5OS/c22-14-5-6-16(23)18(11-14)30-13-20(29)28-9-7-27(8-10-28)12-19-25-17-4-2-1-3-15(17)21(24)26-19/h1-6,11H,7-10,12-13H2,(H2,24,25,26). The van der Waals surface area contributed by atoms with Crippen molar-refractivity contribution >= 4 is 57.6 Å². The van der Waals surface area contributed by atoms with Gasteiger partial charge in [-0.3, -0.25) is 9.69 Å². The number of amides is 1. The Hall–Kier alpha value is -2.06. The lowest BCUT2D eigenvalue weighted by Crippen LogP contribution is -2.49. The molecule has 4 rings (SSSR count). The molecule has 1 amide bonds. The molecule has 1 aliphatic rings. The zero-order chi connectivity index (χ0) is 21.1. The number of piperazine rings is 1. The minimum Gasteiger partial charge on any atom is -0.383 e. The second kappa shape index (κ2) is 9.39. The number of nitrogen functional groups attached to an aromatic ring is 1. The van der Waals surface area contributed by atoms with Crippen LogP contribution in [-0.2, 0) is 11.3 Å². The Bertz CT molecular complexity index is 1070. The number of aromatic nitrogens is 2. The van der Waals surface area contributed by atoms with Crippen molar-refractivity contribution in [2.45, 2.75) is 11.4 Å². The molecule has 3 aromatic rings. The first-order chi connectivity index (χ1) is 14.5. The van der Waals surface area contributed by atoms with Crippen molar-refractivity contribution in [1.82, 2.24) is 19.8 Å². The van der Waals surface area contributed by atoms with Gasteiger partial charge in [0.05, 0.1) is 22.8 Å². The predicted molar refractivity (Wildman–Crippen MR) is 123 cm³/mol. The Morgan fingerprint density at radius 2 is 1.83 bits per heavy atom. The highest BCUT2D eigenvalue weighted by atomic mass is 35.5. The fourth-order valence-electron chi connectivity index (χ4n) is 3.40. The van der Waals surface area contributed by atoms with Gasteiger partial charge >= 0.3 is 0 Å². The fraction of sp³-hybridized carbons (Fsp3) is 0.286. The van der Waals surface area contributed by atoms with E-state index < -0.39 is 0 Å². The number of hydrogen-bond donors (Lipinski definition) is 1. The lowest BCUT2D eigenvalue weighted by molar-refractivity contribution is -0.130. The van der Waals surface area contributed by atoms with Crippen LogP contribution in [0.25, 0.3) is 10.9 Å². The van der Waals surface area contributed by atoms with Crippen LogP contribution in [0.15, 0.2) is 47.4 Å². The van der Waals surface area contributed by atoms with E-state index in [1.807, 2.05) is 29.2 Å². The van der Waals surface area contributed by atoms with Gasteiger partial charge in [0.2, 0.25) is 5.91 Å². The van der Waals surface area contributed by atoms with Gasteiger partial charge in [-0.1, -0.05) is 35.3 Å². The highest BCUT2D eigenvalue weighted by Gasteiger charge is 2.22. The third-order valence-electron chi connectivity index (χ3n) is 5.01. The fourth-order valence-corrected chi connectivity index (χ4v) is 4.79. The van der Waals surface area contributed by atoms with Crippen molar-refractivity contribution in [1.29, 1.82) is 0 Å². The van der Waals surface area contributed by atoms with Crippen molar-refractivity contribution in [3.8, 4) is 0 Å². The first kappa shape index (κ1) is 21.2. The highest BCUT2D eigenvalue weighted by Crippen LogP contribution is 2.30. The Morgan fingerprint density at radius 3 is 2.63 bits per heavy atom. The molecule has 2 aromatic carbocycles. The molecule has 0 radical (unpaired) electrons. The minimum absolute atomic E-state index is 0.0990. The van der Waals surface area contributed by atoms with Gasteiger partial charge in [-0.25, -0.2) is 9.97 Å². The molecule has 0 atom stereocenters. The number of para-hydroxylation sites is 1. The summed E-state index contributed by atoms with van der Waals surface area (Å²) < 4.78 is 0. The van der Waals surface area contributed by atoms with Gasteiger partial charge in [-0.2, -0.15) is 0 Å². The summed E-state index contributed by atoms with van der Waals surface area (Å²) in [5.74, 6) is 1.64. The van der Waals surface area contributed by atoms with Gasteiger partial charge in [0.1, 0.15) is 11.6 Å². The number of benzene rings is 2. The molecule has 156 valence electrons. The number of anilines is 1. The Labute approximate surface area is 189 Å². The van der Waals surface area contributed by atoms with Crippen molar-refractivity contribution in [3.05, 3.63) is 58.3 Å². The Balaban J connectivity index is 1.30. The summed E-state index contributed by atoms with van der Waals surface area (Å²) in [6.45, 7) is 3.50. The smallest absolute Gasteiger partial charge is 0.233 e. The summed E-state index contributed by atoms with van der Waals surface area (Å²) in [7, 11) is 0. The Kier molecular flexibility index (Phi) is 6.63. The Morgan fingerprint density at radius 1 is 1.07 bits per heavy atom. The van der Waals surface area contributed by atoms with E-state index in [9.17, 15) is 4.79 Å². The van der Waals surface area contributed by atoms with Gasteiger partial charge in [0.15, 0.2) is 0 Å². The minimum atomic E-state index is 0.0990. The summed E-state index contributed by atoms with van der Waals surface area (Å²) in [4.78, 5) is 26.6. The summed E-state index contributed by atoms with van der Waals surface area (Å²) in [5, 5.41) is 2.09. The molecule has 0 bridgehead atoms. The first-order valence-electron chi connectivity index (χ1n) is 9.59. The summed E-state index contributed by atoms with van der Waals surface area (Å²) >= 11 is 13.6. The third-order valence-corrected chi connectivity index (χ3v) is 6.73. The number of nitrogens with zero attached hydrogens (tertiary/aromatic N) is 4. The van der Waals surface area contributed by atoms with Crippen LogP contribution in [0.5, 0.6) is 0 Å². The molecule has 6 nitrogen and oxygen atoms in total. The molecule has 30 heavy (non-hydrogen) atoms. The van der Waals surface area contributed by atoms with Crippen molar-refractivity contribution in [2.75, 3.05) is 37.7 Å².